The van der Waals surface area contributed by atoms with Crippen molar-refractivity contribution in [3.8, 4) is 5.69 Å². The molecule has 32 heavy (non-hydrogen) atoms. The molecule has 5 heteroatoms. The first-order chi connectivity index (χ1) is 15.8. The van der Waals surface area contributed by atoms with E-state index < -0.39 is 0 Å². The third kappa shape index (κ3) is 4.07. The smallest absolute Gasteiger partial charge is 0.272 e. The van der Waals surface area contributed by atoms with Gasteiger partial charge in [0.1, 0.15) is 11.7 Å². The molecule has 0 atom stereocenters. The molecule has 0 spiro atoms. The minimum absolute atomic E-state index is 0.0429. The highest BCUT2D eigenvalue weighted by Crippen LogP contribution is 2.20. The highest BCUT2D eigenvalue weighted by Gasteiger charge is 2.32. The maximum Gasteiger partial charge on any atom is 0.272 e. The van der Waals surface area contributed by atoms with Gasteiger partial charge >= 0.3 is 0 Å². The normalized spacial score (nSPS) is 14.6. The fraction of sp³-hybridized carbons (Fsp3) is 0.185. The van der Waals surface area contributed by atoms with Crippen LogP contribution in [-0.2, 0) is 0 Å². The number of hydrogen-bond donors (Lipinski definition) is 1. The second-order valence-electron chi connectivity index (χ2n) is 8.19. The van der Waals surface area contributed by atoms with Gasteiger partial charge in [0.25, 0.3) is 5.91 Å². The van der Waals surface area contributed by atoms with Gasteiger partial charge in [0.2, 0.25) is 0 Å². The fourth-order valence-corrected chi connectivity index (χ4v) is 4.65. The molecule has 1 saturated heterocycles. The van der Waals surface area contributed by atoms with Crippen LogP contribution in [0.1, 0.15) is 27.7 Å². The van der Waals surface area contributed by atoms with Gasteiger partial charge in [-0.3, -0.25) is 9.36 Å². The lowest BCUT2D eigenvalue weighted by atomic mass is 9.96. The number of hydrogen-bond acceptors (Lipinski definition) is 2. The molecule has 4 aromatic rings. The number of quaternary nitrogens is 1. The third-order valence-corrected chi connectivity index (χ3v) is 6.26. The molecule has 1 aromatic heterocycles. The van der Waals surface area contributed by atoms with Crippen LogP contribution in [-0.4, -0.2) is 46.5 Å². The number of amides is 1. The highest BCUT2D eigenvalue weighted by atomic mass is 16.2. The first-order valence-corrected chi connectivity index (χ1v) is 11.1. The monoisotopic (exact) mass is 423 g/mol. The number of piperazine rings is 1. The fourth-order valence-electron chi connectivity index (χ4n) is 4.65. The Hall–Kier alpha value is -3.70. The third-order valence-electron chi connectivity index (χ3n) is 6.26. The average Bonchev–Trinajstić information content (AvgIpc) is 3.36. The van der Waals surface area contributed by atoms with Crippen LogP contribution in [0.15, 0.2) is 104 Å². The van der Waals surface area contributed by atoms with Crippen molar-refractivity contribution in [2.45, 2.75) is 6.04 Å². The van der Waals surface area contributed by atoms with Gasteiger partial charge in [0, 0.05) is 16.8 Å². The molecule has 2 heterocycles. The number of nitrogens with zero attached hydrogens (tertiary/aromatic N) is 3. The SMILES string of the molecule is O=C(c1cncn1-c1ccccc1)N1CC[NH+](C(c2ccccc2)c2ccccc2)CC1. The Kier molecular flexibility index (Phi) is 5.81. The van der Waals surface area contributed by atoms with E-state index in [0.29, 0.717) is 5.69 Å². The molecule has 1 N–H and O–H groups in total. The van der Waals surface area contributed by atoms with Crippen LogP contribution in [0, 0.1) is 0 Å². The Balaban J connectivity index is 1.34. The minimum Gasteiger partial charge on any atom is -0.326 e. The largest absolute Gasteiger partial charge is 0.326 e. The summed E-state index contributed by atoms with van der Waals surface area (Å²) >= 11 is 0. The van der Waals surface area contributed by atoms with Crippen molar-refractivity contribution in [1.82, 2.24) is 14.5 Å². The number of rotatable bonds is 5. The average molecular weight is 424 g/mol. The van der Waals surface area contributed by atoms with E-state index in [1.165, 1.54) is 16.0 Å². The van der Waals surface area contributed by atoms with Gasteiger partial charge in [-0.15, -0.1) is 0 Å². The maximum absolute atomic E-state index is 13.3. The lowest BCUT2D eigenvalue weighted by Gasteiger charge is -2.37. The van der Waals surface area contributed by atoms with Crippen LogP contribution in [0.3, 0.4) is 0 Å². The summed E-state index contributed by atoms with van der Waals surface area (Å²) < 4.78 is 1.87. The van der Waals surface area contributed by atoms with Crippen LogP contribution < -0.4 is 4.90 Å². The first kappa shape index (κ1) is 20.2. The molecule has 5 nitrogen and oxygen atoms in total. The van der Waals surface area contributed by atoms with E-state index in [-0.39, 0.29) is 11.9 Å². The molecule has 160 valence electrons. The summed E-state index contributed by atoms with van der Waals surface area (Å²) in [5.74, 6) is 0.0429. The van der Waals surface area contributed by atoms with E-state index >= 15 is 0 Å². The second-order valence-corrected chi connectivity index (χ2v) is 8.19. The number of imidazole rings is 1. The van der Waals surface area contributed by atoms with Crippen molar-refractivity contribution in [2.75, 3.05) is 26.2 Å². The number of carbonyl (C=O) groups excluding carboxylic acids is 1. The summed E-state index contributed by atoms with van der Waals surface area (Å²) in [5, 5.41) is 0. The zero-order chi connectivity index (χ0) is 21.8. The molecule has 0 saturated carbocycles. The summed E-state index contributed by atoms with van der Waals surface area (Å²) in [6.45, 7) is 3.26. The quantitative estimate of drug-likeness (QED) is 0.536. The Morgan fingerprint density at radius 3 is 1.88 bits per heavy atom. The van der Waals surface area contributed by atoms with Crippen molar-refractivity contribution in [3.05, 3.63) is 120 Å². The summed E-state index contributed by atoms with van der Waals surface area (Å²) in [6.07, 6.45) is 3.39. The van der Waals surface area contributed by atoms with E-state index in [4.69, 9.17) is 0 Å². The van der Waals surface area contributed by atoms with Gasteiger partial charge in [0.15, 0.2) is 0 Å². The van der Waals surface area contributed by atoms with E-state index in [9.17, 15) is 4.79 Å². The standard InChI is InChI=1S/C27H26N4O/c32-27(25-20-28-21-31(25)24-14-8-3-9-15-24)30-18-16-29(17-19-30)26(22-10-4-1-5-11-22)23-12-6-2-7-13-23/h1-15,20-21,26H,16-19H2/p+1. The molecule has 1 aliphatic rings. The molecule has 5 rings (SSSR count). The van der Waals surface area contributed by atoms with E-state index in [0.717, 1.165) is 31.9 Å². The van der Waals surface area contributed by atoms with Gasteiger partial charge in [0.05, 0.1) is 38.7 Å². The van der Waals surface area contributed by atoms with Crippen LogP contribution in [0.5, 0.6) is 0 Å². The van der Waals surface area contributed by atoms with Crippen LogP contribution in [0.25, 0.3) is 5.69 Å². The van der Waals surface area contributed by atoms with Gasteiger partial charge < -0.3 is 9.80 Å². The van der Waals surface area contributed by atoms with Gasteiger partial charge in [-0.2, -0.15) is 0 Å². The number of benzene rings is 3. The van der Waals surface area contributed by atoms with Gasteiger partial charge in [-0.25, -0.2) is 4.98 Å². The molecule has 1 fully saturated rings. The predicted molar refractivity (Wildman–Crippen MR) is 125 cm³/mol. The molecular formula is C27H27N4O+. The van der Waals surface area contributed by atoms with Crippen molar-refractivity contribution in [1.29, 1.82) is 0 Å². The summed E-state index contributed by atoms with van der Waals surface area (Å²) in [7, 11) is 0. The molecule has 0 bridgehead atoms. The zero-order valence-electron chi connectivity index (χ0n) is 18.0. The zero-order valence-corrected chi connectivity index (χ0v) is 18.0. The Bertz CT molecular complexity index is 1110. The molecular weight excluding hydrogens is 396 g/mol. The number of aromatic nitrogens is 2. The predicted octanol–water partition coefficient (Wildman–Crippen LogP) is 3.00. The summed E-state index contributed by atoms with van der Waals surface area (Å²) in [5.41, 5.74) is 4.19. The van der Waals surface area contributed by atoms with Crippen LogP contribution in [0.2, 0.25) is 0 Å². The van der Waals surface area contributed by atoms with E-state index in [1.807, 2.05) is 39.8 Å². The van der Waals surface area contributed by atoms with Crippen LogP contribution in [0.4, 0.5) is 0 Å². The van der Waals surface area contributed by atoms with Gasteiger partial charge in [-0.1, -0.05) is 78.9 Å². The Labute approximate surface area is 188 Å². The minimum atomic E-state index is 0.0429. The number of carbonyl (C=O) groups is 1. The van der Waals surface area contributed by atoms with Crippen LogP contribution >= 0.6 is 0 Å². The lowest BCUT2D eigenvalue weighted by molar-refractivity contribution is -0.929. The molecule has 0 aliphatic carbocycles. The highest BCUT2D eigenvalue weighted by molar-refractivity contribution is 5.93. The Morgan fingerprint density at radius 2 is 1.31 bits per heavy atom. The molecule has 1 aliphatic heterocycles. The first-order valence-electron chi connectivity index (χ1n) is 11.1. The topological polar surface area (TPSA) is 42.6 Å². The van der Waals surface area contributed by atoms with Crippen molar-refractivity contribution in [2.24, 2.45) is 0 Å². The van der Waals surface area contributed by atoms with Gasteiger partial charge in [-0.05, 0) is 12.1 Å². The summed E-state index contributed by atoms with van der Waals surface area (Å²) in [6, 6.07) is 31.6. The number of para-hydroxylation sites is 1. The Morgan fingerprint density at radius 1 is 0.781 bits per heavy atom. The van der Waals surface area contributed by atoms with Crippen molar-refractivity contribution in [3.63, 3.8) is 0 Å². The summed E-state index contributed by atoms with van der Waals surface area (Å²) in [4.78, 5) is 21.0. The molecule has 3 aromatic carbocycles. The second kappa shape index (κ2) is 9.20. The van der Waals surface area contributed by atoms with Crippen molar-refractivity contribution < 1.29 is 9.69 Å². The lowest BCUT2D eigenvalue weighted by Crippen LogP contribution is -3.15. The number of nitrogens with one attached hydrogen (secondary N) is 1. The molecule has 1 amide bonds. The maximum atomic E-state index is 13.3. The molecule has 0 unspecified atom stereocenters. The van der Waals surface area contributed by atoms with E-state index in [1.54, 1.807) is 12.5 Å². The van der Waals surface area contributed by atoms with E-state index in [2.05, 4.69) is 65.6 Å². The molecule has 0 radical (unpaired) electrons. The van der Waals surface area contributed by atoms with Crippen molar-refractivity contribution >= 4 is 5.91 Å².